The summed E-state index contributed by atoms with van der Waals surface area (Å²) in [5.41, 5.74) is 3.33. The van der Waals surface area contributed by atoms with Crippen LogP contribution >= 0.6 is 0 Å². The van der Waals surface area contributed by atoms with Crippen LogP contribution in [0.1, 0.15) is 40.4 Å². The summed E-state index contributed by atoms with van der Waals surface area (Å²) in [6, 6.07) is 13.3. The summed E-state index contributed by atoms with van der Waals surface area (Å²) in [5, 5.41) is 0. The molecule has 2 aromatic rings. The number of carbonyl (C=O) groups excluding carboxylic acids is 1. The molecule has 1 saturated heterocycles. The molecule has 4 rings (SSSR count). The van der Waals surface area contributed by atoms with Crippen LogP contribution in [0, 0.1) is 0 Å². The van der Waals surface area contributed by atoms with Crippen molar-refractivity contribution < 1.29 is 17.9 Å². The van der Waals surface area contributed by atoms with Crippen LogP contribution in [0.4, 0.5) is 5.69 Å². The predicted molar refractivity (Wildman–Crippen MR) is 108 cm³/mol. The number of ether oxygens (including phenoxy) is 1. The maximum absolute atomic E-state index is 13.2. The first-order valence-electron chi connectivity index (χ1n) is 9.44. The molecule has 0 saturated carbocycles. The summed E-state index contributed by atoms with van der Waals surface area (Å²) in [5.74, 6) is 0.799. The molecule has 0 unspecified atom stereocenters. The molecule has 1 fully saturated rings. The summed E-state index contributed by atoms with van der Waals surface area (Å²) in [4.78, 5) is 15.1. The number of hydrogen-bond donors (Lipinski definition) is 0. The van der Waals surface area contributed by atoms with E-state index in [0.717, 1.165) is 36.3 Å². The van der Waals surface area contributed by atoms with Crippen molar-refractivity contribution in [1.29, 1.82) is 0 Å². The van der Waals surface area contributed by atoms with E-state index in [9.17, 15) is 13.2 Å². The predicted octanol–water partition coefficient (Wildman–Crippen LogP) is 2.99. The molecule has 0 radical (unpaired) electrons. The molecule has 0 aliphatic carbocycles. The van der Waals surface area contributed by atoms with Gasteiger partial charge in [0, 0.05) is 18.7 Å². The van der Waals surface area contributed by atoms with Gasteiger partial charge in [0.1, 0.15) is 5.75 Å². The molecule has 0 aromatic heterocycles. The van der Waals surface area contributed by atoms with E-state index in [2.05, 4.69) is 0 Å². The zero-order valence-electron chi connectivity index (χ0n) is 16.1. The van der Waals surface area contributed by atoms with Crippen molar-refractivity contribution in [3.8, 4) is 5.75 Å². The Morgan fingerprint density at radius 3 is 2.54 bits per heavy atom. The van der Waals surface area contributed by atoms with Crippen molar-refractivity contribution in [3.05, 3.63) is 59.2 Å². The van der Waals surface area contributed by atoms with Crippen LogP contribution in [0.5, 0.6) is 5.75 Å². The molecule has 28 heavy (non-hydrogen) atoms. The smallest absolute Gasteiger partial charge is 0.254 e. The summed E-state index contributed by atoms with van der Waals surface area (Å²) < 4.78 is 30.5. The molecule has 7 heteroatoms. The summed E-state index contributed by atoms with van der Waals surface area (Å²) >= 11 is 0. The third-order valence-corrected chi connectivity index (χ3v) is 6.77. The first-order valence-corrected chi connectivity index (χ1v) is 11.3. The van der Waals surface area contributed by atoms with Gasteiger partial charge >= 0.3 is 0 Å². The fraction of sp³-hybridized carbons (Fsp3) is 0.381. The summed E-state index contributed by atoms with van der Waals surface area (Å²) in [6.45, 7) is 1.16. The van der Waals surface area contributed by atoms with Crippen molar-refractivity contribution in [2.24, 2.45) is 0 Å². The van der Waals surface area contributed by atoms with E-state index in [-0.39, 0.29) is 11.9 Å². The van der Waals surface area contributed by atoms with Crippen LogP contribution in [-0.2, 0) is 16.4 Å². The van der Waals surface area contributed by atoms with Crippen molar-refractivity contribution in [2.75, 3.05) is 30.8 Å². The molecule has 1 atom stereocenters. The lowest BCUT2D eigenvalue weighted by Crippen LogP contribution is -2.30. The minimum Gasteiger partial charge on any atom is -0.497 e. The van der Waals surface area contributed by atoms with Gasteiger partial charge in [0.25, 0.3) is 5.91 Å². The molecular formula is C21H24N2O4S. The molecule has 1 amide bonds. The van der Waals surface area contributed by atoms with Crippen molar-refractivity contribution in [3.63, 3.8) is 0 Å². The largest absolute Gasteiger partial charge is 0.497 e. The zero-order valence-corrected chi connectivity index (χ0v) is 16.9. The maximum Gasteiger partial charge on any atom is 0.254 e. The highest BCUT2D eigenvalue weighted by Gasteiger charge is 2.32. The number of carbonyl (C=O) groups is 1. The van der Waals surface area contributed by atoms with E-state index in [1.165, 1.54) is 10.6 Å². The van der Waals surface area contributed by atoms with Crippen molar-refractivity contribution in [1.82, 2.24) is 4.90 Å². The number of methoxy groups -OCH3 is 1. The Labute approximate surface area is 165 Å². The van der Waals surface area contributed by atoms with Crippen LogP contribution < -0.4 is 9.04 Å². The number of anilines is 1. The Hall–Kier alpha value is -2.54. The fourth-order valence-corrected chi connectivity index (χ4v) is 5.16. The third-order valence-electron chi connectivity index (χ3n) is 5.59. The molecule has 2 aromatic carbocycles. The van der Waals surface area contributed by atoms with Crippen LogP contribution in [0.15, 0.2) is 42.5 Å². The highest BCUT2D eigenvalue weighted by Crippen LogP contribution is 2.35. The first-order chi connectivity index (χ1) is 13.4. The van der Waals surface area contributed by atoms with Gasteiger partial charge in [-0.1, -0.05) is 12.1 Å². The Morgan fingerprint density at radius 2 is 1.86 bits per heavy atom. The molecular weight excluding hydrogens is 376 g/mol. The van der Waals surface area contributed by atoms with Gasteiger partial charge in [0.05, 0.1) is 25.1 Å². The second kappa shape index (κ2) is 7.13. The normalized spacial score (nSPS) is 19.0. The molecule has 2 heterocycles. The number of nitrogens with zero attached hydrogens (tertiary/aromatic N) is 2. The third kappa shape index (κ3) is 3.35. The lowest BCUT2D eigenvalue weighted by Gasteiger charge is -2.25. The Morgan fingerprint density at radius 1 is 1.11 bits per heavy atom. The summed E-state index contributed by atoms with van der Waals surface area (Å²) in [7, 11) is -1.65. The minimum atomic E-state index is -3.29. The van der Waals surface area contributed by atoms with Gasteiger partial charge in [0.15, 0.2) is 0 Å². The molecule has 2 aliphatic heterocycles. The van der Waals surface area contributed by atoms with Crippen LogP contribution in [-0.4, -0.2) is 45.7 Å². The zero-order chi connectivity index (χ0) is 19.9. The number of fused-ring (bicyclic) bond motifs is 1. The van der Waals surface area contributed by atoms with Crippen LogP contribution in [0.2, 0.25) is 0 Å². The van der Waals surface area contributed by atoms with Gasteiger partial charge < -0.3 is 9.64 Å². The van der Waals surface area contributed by atoms with Gasteiger partial charge in [0.2, 0.25) is 10.0 Å². The monoisotopic (exact) mass is 400 g/mol. The molecule has 0 bridgehead atoms. The number of hydrogen-bond acceptors (Lipinski definition) is 4. The van der Waals surface area contributed by atoms with Crippen LogP contribution in [0.25, 0.3) is 0 Å². The molecule has 0 N–H and O–H groups in total. The van der Waals surface area contributed by atoms with E-state index < -0.39 is 10.0 Å². The van der Waals surface area contributed by atoms with Crippen molar-refractivity contribution in [2.45, 2.75) is 25.3 Å². The van der Waals surface area contributed by atoms with E-state index in [4.69, 9.17) is 4.74 Å². The lowest BCUT2D eigenvalue weighted by atomic mass is 10.0. The highest BCUT2D eigenvalue weighted by atomic mass is 32.2. The number of sulfonamides is 1. The fourth-order valence-electron chi connectivity index (χ4n) is 4.20. The standard InChI is InChI=1S/C21H24N2O4S/c1-27-18-8-5-15(6-9-18)19-4-3-12-22(19)21(24)17-7-10-20-16(14-17)11-13-23(20)28(2,25)26/h5-10,14,19H,3-4,11-13H2,1-2H3/t19-/m1/s1. The van der Waals surface area contributed by atoms with Gasteiger partial charge in [-0.05, 0) is 60.7 Å². The first kappa shape index (κ1) is 18.8. The quantitative estimate of drug-likeness (QED) is 0.791. The van der Waals surface area contributed by atoms with Gasteiger partial charge in [-0.15, -0.1) is 0 Å². The number of amides is 1. The topological polar surface area (TPSA) is 66.9 Å². The molecule has 148 valence electrons. The van der Waals surface area contributed by atoms with Crippen LogP contribution in [0.3, 0.4) is 0 Å². The SMILES string of the molecule is COc1ccc([C@H]2CCCN2C(=O)c2ccc3c(c2)CCN3S(C)(=O)=O)cc1. The van der Waals surface area contributed by atoms with E-state index >= 15 is 0 Å². The Balaban J connectivity index is 1.59. The molecule has 2 aliphatic rings. The lowest BCUT2D eigenvalue weighted by molar-refractivity contribution is 0.0735. The van der Waals surface area contributed by atoms with E-state index in [1.54, 1.807) is 19.2 Å². The summed E-state index contributed by atoms with van der Waals surface area (Å²) in [6.07, 6.45) is 3.75. The molecule has 6 nitrogen and oxygen atoms in total. The second-order valence-corrected chi connectivity index (χ2v) is 9.27. The Bertz CT molecular complexity index is 1000. The van der Waals surface area contributed by atoms with Crippen molar-refractivity contribution >= 4 is 21.6 Å². The minimum absolute atomic E-state index is 0.000997. The second-order valence-electron chi connectivity index (χ2n) is 7.36. The number of benzene rings is 2. The molecule has 0 spiro atoms. The average molecular weight is 401 g/mol. The average Bonchev–Trinajstić information content (AvgIpc) is 3.33. The number of likely N-dealkylation sites (tertiary alicyclic amines) is 1. The highest BCUT2D eigenvalue weighted by molar-refractivity contribution is 7.92. The van der Waals surface area contributed by atoms with Gasteiger partial charge in [-0.2, -0.15) is 0 Å². The number of rotatable bonds is 4. The van der Waals surface area contributed by atoms with Gasteiger partial charge in [-0.25, -0.2) is 8.42 Å². The van der Waals surface area contributed by atoms with Gasteiger partial charge in [-0.3, -0.25) is 9.10 Å². The van der Waals surface area contributed by atoms with E-state index in [1.807, 2.05) is 35.2 Å². The van der Waals surface area contributed by atoms with E-state index in [0.29, 0.717) is 24.2 Å². The Kier molecular flexibility index (Phi) is 4.79. The maximum atomic E-state index is 13.2.